The highest BCUT2D eigenvalue weighted by atomic mass is 35.5. The Kier molecular flexibility index (Phi) is 5.25. The van der Waals surface area contributed by atoms with E-state index in [4.69, 9.17) is 16.7 Å². The summed E-state index contributed by atoms with van der Waals surface area (Å²) in [6.07, 6.45) is 0. The van der Waals surface area contributed by atoms with Crippen LogP contribution in [0.1, 0.15) is 12.5 Å². The largest absolute Gasteiger partial charge is 0.394 e. The summed E-state index contributed by atoms with van der Waals surface area (Å²) in [5, 5.41) is 12.4. The number of likely N-dealkylation sites (N-methyl/N-ethyl adjacent to an activating group) is 1. The molecule has 0 aliphatic rings. The normalized spacial score (nSPS) is 12.0. The maximum absolute atomic E-state index is 11.7. The minimum absolute atomic E-state index is 0.0507. The van der Waals surface area contributed by atoms with Crippen LogP contribution in [-0.2, 0) is 6.54 Å². The van der Waals surface area contributed by atoms with Gasteiger partial charge in [0.05, 0.1) is 12.6 Å². The molecule has 2 N–H and O–H groups in total. The van der Waals surface area contributed by atoms with Crippen LogP contribution in [0.15, 0.2) is 24.3 Å². The third-order valence-corrected chi connectivity index (χ3v) is 2.85. The van der Waals surface area contributed by atoms with E-state index >= 15 is 0 Å². The fourth-order valence-electron chi connectivity index (χ4n) is 1.23. The molecule has 1 aromatic rings. The molecule has 0 aromatic heterocycles. The quantitative estimate of drug-likeness (QED) is 0.864. The van der Waals surface area contributed by atoms with Gasteiger partial charge < -0.3 is 15.3 Å². The van der Waals surface area contributed by atoms with Crippen LogP contribution in [0, 0.1) is 0 Å². The molecule has 0 spiro atoms. The van der Waals surface area contributed by atoms with Gasteiger partial charge >= 0.3 is 6.03 Å². The number of hydrogen-bond acceptors (Lipinski definition) is 2. The first-order valence-corrected chi connectivity index (χ1v) is 5.78. The minimum atomic E-state index is -0.207. The van der Waals surface area contributed by atoms with Crippen molar-refractivity contribution in [2.75, 3.05) is 13.7 Å². The van der Waals surface area contributed by atoms with Crippen LogP contribution in [0.5, 0.6) is 0 Å². The van der Waals surface area contributed by atoms with Crippen LogP contribution in [0.3, 0.4) is 0 Å². The van der Waals surface area contributed by atoms with Gasteiger partial charge in [-0.05, 0) is 24.6 Å². The van der Waals surface area contributed by atoms with Gasteiger partial charge in [0.2, 0.25) is 0 Å². The van der Waals surface area contributed by atoms with Gasteiger partial charge in [0.25, 0.3) is 0 Å². The summed E-state index contributed by atoms with van der Waals surface area (Å²) in [5.41, 5.74) is 0.979. The number of nitrogens with one attached hydrogen (secondary N) is 1. The molecule has 1 rings (SSSR count). The number of urea groups is 1. The lowest BCUT2D eigenvalue weighted by atomic mass is 10.2. The molecule has 5 heteroatoms. The summed E-state index contributed by atoms with van der Waals surface area (Å²) in [6.45, 7) is 2.17. The van der Waals surface area contributed by atoms with E-state index in [1.807, 2.05) is 12.1 Å². The fourth-order valence-corrected chi connectivity index (χ4v) is 1.35. The Morgan fingerprint density at radius 2 is 2.06 bits per heavy atom. The van der Waals surface area contributed by atoms with Crippen LogP contribution in [0.2, 0.25) is 5.02 Å². The Hall–Kier alpha value is -1.26. The van der Waals surface area contributed by atoms with Gasteiger partial charge in [0, 0.05) is 18.6 Å². The van der Waals surface area contributed by atoms with E-state index in [9.17, 15) is 4.79 Å². The molecule has 4 nitrogen and oxygen atoms in total. The van der Waals surface area contributed by atoms with E-state index < -0.39 is 0 Å². The molecule has 0 heterocycles. The van der Waals surface area contributed by atoms with Gasteiger partial charge in [-0.3, -0.25) is 0 Å². The number of rotatable bonds is 4. The van der Waals surface area contributed by atoms with E-state index in [0.717, 1.165) is 5.56 Å². The second-order valence-corrected chi connectivity index (χ2v) is 4.36. The average molecular weight is 257 g/mol. The topological polar surface area (TPSA) is 52.6 Å². The number of nitrogens with zero attached hydrogens (tertiary/aromatic N) is 1. The first-order valence-electron chi connectivity index (χ1n) is 5.40. The van der Waals surface area contributed by atoms with Crippen molar-refractivity contribution in [1.82, 2.24) is 10.2 Å². The highest BCUT2D eigenvalue weighted by molar-refractivity contribution is 6.30. The first-order chi connectivity index (χ1) is 8.04. The number of carbonyl (C=O) groups excluding carboxylic acids is 1. The van der Waals surface area contributed by atoms with Crippen LogP contribution in [0.4, 0.5) is 4.79 Å². The van der Waals surface area contributed by atoms with Crippen molar-refractivity contribution < 1.29 is 9.90 Å². The second-order valence-electron chi connectivity index (χ2n) is 3.93. The molecule has 0 aliphatic carbocycles. The Morgan fingerprint density at radius 3 is 2.59 bits per heavy atom. The van der Waals surface area contributed by atoms with Gasteiger partial charge in [0.1, 0.15) is 0 Å². The van der Waals surface area contributed by atoms with Gasteiger partial charge in [0.15, 0.2) is 0 Å². The molecule has 2 amide bonds. The van der Waals surface area contributed by atoms with Gasteiger partial charge in [-0.15, -0.1) is 0 Å². The molecular weight excluding hydrogens is 240 g/mol. The molecule has 0 radical (unpaired) electrons. The fraction of sp³-hybridized carbons (Fsp3) is 0.417. The summed E-state index contributed by atoms with van der Waals surface area (Å²) >= 11 is 5.76. The Morgan fingerprint density at radius 1 is 1.47 bits per heavy atom. The molecule has 17 heavy (non-hydrogen) atoms. The molecular formula is C12H17ClN2O2. The monoisotopic (exact) mass is 256 g/mol. The third-order valence-electron chi connectivity index (χ3n) is 2.60. The Bertz CT molecular complexity index is 367. The molecule has 94 valence electrons. The number of hydrogen-bond donors (Lipinski definition) is 2. The summed E-state index contributed by atoms with van der Waals surface area (Å²) < 4.78 is 0. The number of aliphatic hydroxyl groups excluding tert-OH is 1. The van der Waals surface area contributed by atoms with Gasteiger partial charge in [-0.1, -0.05) is 23.7 Å². The van der Waals surface area contributed by atoms with Crippen LogP contribution in [0.25, 0.3) is 0 Å². The number of halogens is 1. The van der Waals surface area contributed by atoms with Crippen molar-refractivity contribution in [3.63, 3.8) is 0 Å². The second kappa shape index (κ2) is 6.47. The van der Waals surface area contributed by atoms with Gasteiger partial charge in [-0.2, -0.15) is 0 Å². The maximum Gasteiger partial charge on any atom is 0.317 e. The Labute approximate surface area is 106 Å². The predicted octanol–water partition coefficient (Wildman–Crippen LogP) is 1.86. The highest BCUT2D eigenvalue weighted by Crippen LogP contribution is 2.09. The van der Waals surface area contributed by atoms with E-state index in [2.05, 4.69) is 5.32 Å². The lowest BCUT2D eigenvalue weighted by Crippen LogP contribution is -2.43. The number of carbonyl (C=O) groups is 1. The maximum atomic E-state index is 11.7. The number of amides is 2. The van der Waals surface area contributed by atoms with Crippen molar-refractivity contribution in [2.24, 2.45) is 0 Å². The predicted molar refractivity (Wildman–Crippen MR) is 68.0 cm³/mol. The van der Waals surface area contributed by atoms with Crippen molar-refractivity contribution in [1.29, 1.82) is 0 Å². The van der Waals surface area contributed by atoms with E-state index in [0.29, 0.717) is 11.6 Å². The standard InChI is InChI=1S/C12H17ClN2O2/c1-9(8-16)15(2)12(17)14-7-10-3-5-11(13)6-4-10/h3-6,9,16H,7-8H2,1-2H3,(H,14,17). The Balaban J connectivity index is 2.45. The van der Waals surface area contributed by atoms with E-state index in [-0.39, 0.29) is 18.7 Å². The molecule has 1 atom stereocenters. The van der Waals surface area contributed by atoms with Crippen molar-refractivity contribution in [3.05, 3.63) is 34.9 Å². The first kappa shape index (κ1) is 13.8. The minimum Gasteiger partial charge on any atom is -0.394 e. The zero-order valence-electron chi connectivity index (χ0n) is 9.98. The summed E-state index contributed by atoms with van der Waals surface area (Å²) in [4.78, 5) is 13.1. The lowest BCUT2D eigenvalue weighted by Gasteiger charge is -2.23. The molecule has 1 aromatic carbocycles. The number of benzene rings is 1. The molecule has 0 fully saturated rings. The number of aliphatic hydroxyl groups is 1. The molecule has 0 aliphatic heterocycles. The van der Waals surface area contributed by atoms with E-state index in [1.165, 1.54) is 4.90 Å². The molecule has 0 saturated carbocycles. The van der Waals surface area contributed by atoms with Crippen LogP contribution < -0.4 is 5.32 Å². The highest BCUT2D eigenvalue weighted by Gasteiger charge is 2.13. The molecule has 0 bridgehead atoms. The van der Waals surface area contributed by atoms with Crippen LogP contribution in [-0.4, -0.2) is 35.7 Å². The average Bonchev–Trinajstić information content (AvgIpc) is 2.35. The molecule has 0 saturated heterocycles. The summed E-state index contributed by atoms with van der Waals surface area (Å²) in [5.74, 6) is 0. The zero-order chi connectivity index (χ0) is 12.8. The summed E-state index contributed by atoms with van der Waals surface area (Å²) in [6, 6.07) is 6.88. The SMILES string of the molecule is CC(CO)N(C)C(=O)NCc1ccc(Cl)cc1. The lowest BCUT2D eigenvalue weighted by molar-refractivity contribution is 0.157. The van der Waals surface area contributed by atoms with Crippen molar-refractivity contribution in [3.8, 4) is 0 Å². The smallest absolute Gasteiger partial charge is 0.317 e. The van der Waals surface area contributed by atoms with Crippen molar-refractivity contribution >= 4 is 17.6 Å². The van der Waals surface area contributed by atoms with E-state index in [1.54, 1.807) is 26.1 Å². The zero-order valence-corrected chi connectivity index (χ0v) is 10.7. The summed E-state index contributed by atoms with van der Waals surface area (Å²) in [7, 11) is 1.65. The van der Waals surface area contributed by atoms with Gasteiger partial charge in [-0.25, -0.2) is 4.79 Å². The molecule has 1 unspecified atom stereocenters. The third kappa shape index (κ3) is 4.24. The van der Waals surface area contributed by atoms with Crippen molar-refractivity contribution in [2.45, 2.75) is 19.5 Å². The van der Waals surface area contributed by atoms with Crippen LogP contribution >= 0.6 is 11.6 Å².